The Hall–Kier alpha value is -2.99. The number of hydrogen-bond acceptors (Lipinski definition) is 5. The highest BCUT2D eigenvalue weighted by Crippen LogP contribution is 2.71. The van der Waals surface area contributed by atoms with Crippen LogP contribution in [0.4, 0.5) is 17.6 Å². The second-order valence-corrected chi connectivity index (χ2v) is 15.2. The predicted octanol–water partition coefficient (Wildman–Crippen LogP) is 5.17. The Morgan fingerprint density at radius 3 is 2.14 bits per heavy atom. The molecule has 1 unspecified atom stereocenters. The first kappa shape index (κ1) is 29.1. The van der Waals surface area contributed by atoms with Crippen LogP contribution in [-0.4, -0.2) is 47.1 Å². The molecule has 4 fully saturated rings. The lowest BCUT2D eigenvalue weighted by Crippen LogP contribution is -2.78. The number of halogens is 4. The van der Waals surface area contributed by atoms with Gasteiger partial charge < -0.3 is 10.6 Å². The topological polar surface area (TPSA) is 90.9 Å². The smallest absolute Gasteiger partial charge is 0.366 e. The molecule has 0 aromatic heterocycles. The molecule has 2 N–H and O–H groups in total. The maximum atomic E-state index is 13.9. The lowest BCUT2D eigenvalue weighted by Gasteiger charge is -2.73. The number of aliphatic imine (C=N–C) groups is 1. The highest BCUT2D eigenvalue weighted by atomic mass is 32.2. The van der Waals surface area contributed by atoms with E-state index in [0.717, 1.165) is 43.5 Å². The standard InChI is InChI=1S/C30H34F4N4O3S/c1-26(2)23(24(39)36-27(3)13-4-14-27)35-25(37-26)28-16-29(17-28,18-28)38(42(40,41)22-11-9-21(31)10-12-22)15-19-5-7-20(8-6-19)30(32,33)34/h5-12,23H,4,13-18H2,1-3H3,(H,35,37)(H,36,39). The third-order valence-electron chi connectivity index (χ3n) is 9.56. The first-order valence-corrected chi connectivity index (χ1v) is 15.5. The van der Waals surface area contributed by atoms with Gasteiger partial charge in [0.15, 0.2) is 6.04 Å². The lowest BCUT2D eigenvalue weighted by atomic mass is 9.38. The largest absolute Gasteiger partial charge is 0.416 e. The molecule has 0 saturated heterocycles. The van der Waals surface area contributed by atoms with Crippen molar-refractivity contribution in [1.82, 2.24) is 14.9 Å². The first-order chi connectivity index (χ1) is 19.5. The molecule has 2 aromatic rings. The van der Waals surface area contributed by atoms with E-state index in [-0.39, 0.29) is 22.9 Å². The highest BCUT2D eigenvalue weighted by molar-refractivity contribution is 7.89. The Balaban J connectivity index is 1.25. The first-order valence-electron chi connectivity index (χ1n) is 14.1. The Morgan fingerprint density at radius 2 is 1.62 bits per heavy atom. The fraction of sp³-hybridized carbons (Fsp3) is 0.533. The quantitative estimate of drug-likeness (QED) is 0.406. The summed E-state index contributed by atoms with van der Waals surface area (Å²) >= 11 is 0. The van der Waals surface area contributed by atoms with E-state index in [1.165, 1.54) is 28.6 Å². The van der Waals surface area contributed by atoms with Crippen molar-refractivity contribution in [2.45, 2.75) is 99.6 Å². The minimum Gasteiger partial charge on any atom is -0.366 e. The van der Waals surface area contributed by atoms with Gasteiger partial charge >= 0.3 is 6.18 Å². The molecule has 0 spiro atoms. The molecular weight excluding hydrogens is 572 g/mol. The zero-order valence-electron chi connectivity index (χ0n) is 23.7. The van der Waals surface area contributed by atoms with Crippen molar-refractivity contribution in [3.05, 3.63) is 65.5 Å². The van der Waals surface area contributed by atoms with Crippen molar-refractivity contribution < 1.29 is 30.8 Å². The molecule has 4 aliphatic carbocycles. The number of nitrogens with one attached hydrogen (secondary N) is 2. The second kappa shape index (κ2) is 9.25. The molecular formula is C30H34F4N4O3S. The van der Waals surface area contributed by atoms with Gasteiger partial charge in [-0.15, -0.1) is 0 Å². The van der Waals surface area contributed by atoms with E-state index in [2.05, 4.69) is 10.6 Å². The zero-order valence-corrected chi connectivity index (χ0v) is 24.5. The fourth-order valence-corrected chi connectivity index (χ4v) is 8.76. The summed E-state index contributed by atoms with van der Waals surface area (Å²) in [4.78, 5) is 17.9. The monoisotopic (exact) mass is 606 g/mol. The van der Waals surface area contributed by atoms with E-state index in [9.17, 15) is 30.8 Å². The molecule has 2 aromatic carbocycles. The van der Waals surface area contributed by atoms with Crippen LogP contribution in [0.3, 0.4) is 0 Å². The molecule has 7 nitrogen and oxygen atoms in total. The number of rotatable bonds is 8. The van der Waals surface area contributed by atoms with Gasteiger partial charge in [0.05, 0.1) is 16.0 Å². The second-order valence-electron chi connectivity index (χ2n) is 13.3. The molecule has 1 amide bonds. The van der Waals surface area contributed by atoms with Crippen molar-refractivity contribution in [3.8, 4) is 0 Å². The van der Waals surface area contributed by atoms with E-state index in [1.54, 1.807) is 0 Å². The van der Waals surface area contributed by atoms with Crippen LogP contribution in [0, 0.1) is 11.2 Å². The van der Waals surface area contributed by atoms with E-state index in [0.29, 0.717) is 30.7 Å². The van der Waals surface area contributed by atoms with E-state index in [1.807, 2.05) is 20.8 Å². The van der Waals surface area contributed by atoms with E-state index >= 15 is 0 Å². The summed E-state index contributed by atoms with van der Waals surface area (Å²) in [6, 6.07) is 8.36. The van der Waals surface area contributed by atoms with Gasteiger partial charge in [0, 0.05) is 23.0 Å². The third kappa shape index (κ3) is 4.70. The Labute approximate surface area is 242 Å². The van der Waals surface area contributed by atoms with Crippen LogP contribution >= 0.6 is 0 Å². The van der Waals surface area contributed by atoms with Gasteiger partial charge in [0.2, 0.25) is 15.9 Å². The van der Waals surface area contributed by atoms with Crippen molar-refractivity contribution in [2.75, 3.05) is 0 Å². The highest BCUT2D eigenvalue weighted by Gasteiger charge is 2.75. The SMILES string of the molecule is CC1(NC(=O)C2N=C(C34CC(N(Cc5ccc(C(F)(F)F)cc5)S(=O)(=O)c5ccc(F)cc5)(C3)C4)NC2(C)C)CCC1. The van der Waals surface area contributed by atoms with Crippen LogP contribution in [0.15, 0.2) is 58.4 Å². The van der Waals surface area contributed by atoms with Crippen molar-refractivity contribution >= 4 is 21.8 Å². The summed E-state index contributed by atoms with van der Waals surface area (Å²) in [5, 5.41) is 6.59. The molecule has 42 heavy (non-hydrogen) atoms. The fourth-order valence-electron chi connectivity index (χ4n) is 7.01. The minimum atomic E-state index is -4.51. The van der Waals surface area contributed by atoms with Gasteiger partial charge in [0.1, 0.15) is 11.7 Å². The average Bonchev–Trinajstić information content (AvgIpc) is 3.15. The van der Waals surface area contributed by atoms with Gasteiger partial charge in [0.25, 0.3) is 0 Å². The lowest BCUT2D eigenvalue weighted by molar-refractivity contribution is -0.151. The molecule has 7 rings (SSSR count). The molecule has 0 radical (unpaired) electrons. The summed E-state index contributed by atoms with van der Waals surface area (Å²) in [5.41, 5.74) is -2.43. The van der Waals surface area contributed by atoms with Gasteiger partial charge in [-0.2, -0.15) is 17.5 Å². The maximum absolute atomic E-state index is 13.9. The number of amidine groups is 1. The minimum absolute atomic E-state index is 0.0896. The Bertz CT molecular complexity index is 1530. The van der Waals surface area contributed by atoms with Crippen molar-refractivity contribution in [2.24, 2.45) is 10.4 Å². The van der Waals surface area contributed by atoms with Crippen LogP contribution in [0.2, 0.25) is 0 Å². The number of sulfonamides is 1. The number of carbonyl (C=O) groups is 1. The Morgan fingerprint density at radius 1 is 1.02 bits per heavy atom. The van der Waals surface area contributed by atoms with Crippen molar-refractivity contribution in [1.29, 1.82) is 0 Å². The number of alkyl halides is 3. The molecule has 1 atom stereocenters. The molecule has 4 saturated carbocycles. The number of nitrogens with zero attached hydrogens (tertiary/aromatic N) is 2. The molecule has 2 bridgehead atoms. The summed E-state index contributed by atoms with van der Waals surface area (Å²) in [7, 11) is -4.13. The Kier molecular flexibility index (Phi) is 6.41. The van der Waals surface area contributed by atoms with Crippen molar-refractivity contribution in [3.63, 3.8) is 0 Å². The van der Waals surface area contributed by atoms with Gasteiger partial charge in [-0.05, 0) is 101 Å². The van der Waals surface area contributed by atoms with Gasteiger partial charge in [-0.3, -0.25) is 9.79 Å². The maximum Gasteiger partial charge on any atom is 0.416 e. The van der Waals surface area contributed by atoms with Crippen LogP contribution in [0.5, 0.6) is 0 Å². The summed E-state index contributed by atoms with van der Waals surface area (Å²) < 4.78 is 82.2. The van der Waals surface area contributed by atoms with Gasteiger partial charge in [-0.25, -0.2) is 12.8 Å². The van der Waals surface area contributed by atoms with Gasteiger partial charge in [-0.1, -0.05) is 12.1 Å². The normalized spacial score (nSPS) is 29.0. The zero-order chi connectivity index (χ0) is 30.3. The molecule has 1 aliphatic heterocycles. The third-order valence-corrected chi connectivity index (χ3v) is 11.5. The summed E-state index contributed by atoms with van der Waals surface area (Å²) in [6.07, 6.45) is -0.212. The van der Waals surface area contributed by atoms with Crippen LogP contribution in [-0.2, 0) is 27.5 Å². The summed E-state index contributed by atoms with van der Waals surface area (Å²) in [5.74, 6) is -0.0127. The average molecular weight is 607 g/mol. The molecule has 226 valence electrons. The van der Waals surface area contributed by atoms with Crippen LogP contribution < -0.4 is 10.6 Å². The number of benzene rings is 2. The number of amides is 1. The summed E-state index contributed by atoms with van der Waals surface area (Å²) in [6.45, 7) is 5.75. The van der Waals surface area contributed by atoms with E-state index in [4.69, 9.17) is 4.99 Å². The molecule has 1 heterocycles. The number of carbonyl (C=O) groups excluding carboxylic acids is 1. The van der Waals surface area contributed by atoms with Crippen LogP contribution in [0.1, 0.15) is 70.4 Å². The van der Waals surface area contributed by atoms with Crippen LogP contribution in [0.25, 0.3) is 0 Å². The molecule has 12 heteroatoms. The number of hydrogen-bond donors (Lipinski definition) is 2. The van der Waals surface area contributed by atoms with E-state index < -0.39 is 50.1 Å². The molecule has 5 aliphatic rings. The predicted molar refractivity (Wildman–Crippen MR) is 148 cm³/mol.